The van der Waals surface area contributed by atoms with E-state index in [1.54, 1.807) is 6.07 Å². The molecule has 0 amide bonds. The van der Waals surface area contributed by atoms with Gasteiger partial charge in [-0.05, 0) is 42.5 Å². The second kappa shape index (κ2) is 6.33. The second-order valence-electron chi connectivity index (χ2n) is 6.21. The summed E-state index contributed by atoms with van der Waals surface area (Å²) >= 11 is 6.09. The molecular weight excluding hydrogens is 338 g/mol. The van der Waals surface area contributed by atoms with E-state index in [-0.39, 0.29) is 5.69 Å². The van der Waals surface area contributed by atoms with Crippen LogP contribution in [0.15, 0.2) is 48.5 Å². The van der Waals surface area contributed by atoms with Gasteiger partial charge in [-0.2, -0.15) is 0 Å². The van der Waals surface area contributed by atoms with E-state index in [9.17, 15) is 4.79 Å². The van der Waals surface area contributed by atoms with Gasteiger partial charge in [-0.3, -0.25) is 0 Å². The van der Waals surface area contributed by atoms with Crippen LogP contribution in [-0.2, 0) is 0 Å². The lowest BCUT2D eigenvalue weighted by atomic mass is 10.2. The van der Waals surface area contributed by atoms with Crippen molar-refractivity contribution in [1.29, 1.82) is 0 Å². The third kappa shape index (κ3) is 3.15. The highest BCUT2D eigenvalue weighted by atomic mass is 35.5. The molecule has 1 fully saturated rings. The van der Waals surface area contributed by atoms with E-state index in [2.05, 4.69) is 20.9 Å². The number of hydrogen-bond donors (Lipinski definition) is 2. The van der Waals surface area contributed by atoms with Crippen LogP contribution in [0.3, 0.4) is 0 Å². The molecule has 0 radical (unpaired) electrons. The first-order chi connectivity index (χ1) is 12.1. The average Bonchev–Trinajstić information content (AvgIpc) is 3.05. The molecule has 0 atom stereocenters. The number of hydrogen-bond acceptors (Lipinski definition) is 3. The van der Waals surface area contributed by atoms with E-state index in [1.165, 1.54) is 0 Å². The fraction of sp³-hybridized carbons (Fsp3) is 0.211. The minimum absolute atomic E-state index is 0.220. The molecule has 0 spiro atoms. The van der Waals surface area contributed by atoms with Crippen molar-refractivity contribution in [1.82, 2.24) is 4.98 Å². The Morgan fingerprint density at radius 3 is 2.28 bits per heavy atom. The number of rotatable bonds is 3. The van der Waals surface area contributed by atoms with Crippen LogP contribution >= 0.6 is 11.6 Å². The molecule has 0 saturated carbocycles. The van der Waals surface area contributed by atoms with Crippen molar-refractivity contribution in [3.63, 3.8) is 0 Å². The standard InChI is InChI=1S/C19H18ClN3O2/c20-14-2-1-3-15(12-14)22-6-8-23(9-7-22)16-4-5-17-13(10-16)11-18(21-17)19(24)25/h1-5,10-12,21H,6-9H2,(H,24,25). The summed E-state index contributed by atoms with van der Waals surface area (Å²) < 4.78 is 0. The molecule has 2 heterocycles. The fourth-order valence-corrected chi connectivity index (χ4v) is 3.51. The molecule has 0 aliphatic carbocycles. The van der Waals surface area contributed by atoms with Crippen LogP contribution in [-0.4, -0.2) is 42.2 Å². The monoisotopic (exact) mass is 355 g/mol. The maximum atomic E-state index is 11.1. The minimum Gasteiger partial charge on any atom is -0.477 e. The van der Waals surface area contributed by atoms with Crippen LogP contribution in [0.25, 0.3) is 10.9 Å². The molecule has 0 bridgehead atoms. The van der Waals surface area contributed by atoms with Crippen LogP contribution in [0.1, 0.15) is 10.5 Å². The van der Waals surface area contributed by atoms with Gasteiger partial charge >= 0.3 is 5.97 Å². The number of anilines is 2. The van der Waals surface area contributed by atoms with Crippen LogP contribution < -0.4 is 9.80 Å². The molecule has 4 rings (SSSR count). The fourth-order valence-electron chi connectivity index (χ4n) is 3.33. The van der Waals surface area contributed by atoms with Crippen molar-refractivity contribution in [2.24, 2.45) is 0 Å². The second-order valence-corrected chi connectivity index (χ2v) is 6.65. The Bertz CT molecular complexity index is 929. The maximum Gasteiger partial charge on any atom is 0.352 e. The number of carbonyl (C=O) groups is 1. The molecule has 1 saturated heterocycles. The molecule has 6 heteroatoms. The number of carboxylic acids is 1. The van der Waals surface area contributed by atoms with E-state index in [1.807, 2.05) is 36.4 Å². The number of benzene rings is 2. The average molecular weight is 356 g/mol. The molecule has 25 heavy (non-hydrogen) atoms. The largest absolute Gasteiger partial charge is 0.477 e. The lowest BCUT2D eigenvalue weighted by Gasteiger charge is -2.37. The van der Waals surface area contributed by atoms with Gasteiger partial charge in [0.1, 0.15) is 5.69 Å². The molecular formula is C19H18ClN3O2. The predicted molar refractivity (Wildman–Crippen MR) is 101 cm³/mol. The minimum atomic E-state index is -0.937. The van der Waals surface area contributed by atoms with E-state index < -0.39 is 5.97 Å². The maximum absolute atomic E-state index is 11.1. The number of halogens is 1. The topological polar surface area (TPSA) is 59.6 Å². The number of aromatic carboxylic acids is 1. The molecule has 128 valence electrons. The summed E-state index contributed by atoms with van der Waals surface area (Å²) in [6.45, 7) is 3.67. The van der Waals surface area contributed by atoms with Crippen molar-refractivity contribution in [3.05, 3.63) is 59.2 Å². The number of fused-ring (bicyclic) bond motifs is 1. The van der Waals surface area contributed by atoms with E-state index in [0.717, 1.165) is 53.5 Å². The molecule has 5 nitrogen and oxygen atoms in total. The Morgan fingerprint density at radius 2 is 1.64 bits per heavy atom. The summed E-state index contributed by atoms with van der Waals surface area (Å²) in [6, 6.07) is 15.7. The molecule has 1 aromatic heterocycles. The lowest BCUT2D eigenvalue weighted by Crippen LogP contribution is -2.46. The van der Waals surface area contributed by atoms with Gasteiger partial charge in [0, 0.05) is 53.5 Å². The molecule has 0 unspecified atom stereocenters. The smallest absolute Gasteiger partial charge is 0.352 e. The predicted octanol–water partition coefficient (Wildman–Crippen LogP) is 3.85. The highest BCUT2D eigenvalue weighted by molar-refractivity contribution is 6.30. The normalized spacial score (nSPS) is 14.9. The number of carboxylic acid groups (broad SMARTS) is 1. The van der Waals surface area contributed by atoms with Crippen molar-refractivity contribution < 1.29 is 9.90 Å². The highest BCUT2D eigenvalue weighted by Gasteiger charge is 2.18. The van der Waals surface area contributed by atoms with Gasteiger partial charge in [-0.1, -0.05) is 17.7 Å². The van der Waals surface area contributed by atoms with Gasteiger partial charge in [0.2, 0.25) is 0 Å². The zero-order valence-corrected chi connectivity index (χ0v) is 14.3. The van der Waals surface area contributed by atoms with E-state index in [0.29, 0.717) is 0 Å². The van der Waals surface area contributed by atoms with Gasteiger partial charge < -0.3 is 19.9 Å². The van der Waals surface area contributed by atoms with Crippen LogP contribution in [0.2, 0.25) is 5.02 Å². The SMILES string of the molecule is O=C(O)c1cc2cc(N3CCN(c4cccc(Cl)c4)CC3)ccc2[nH]1. The zero-order valence-electron chi connectivity index (χ0n) is 13.6. The molecule has 2 aromatic carbocycles. The number of aromatic amines is 1. The number of nitrogens with one attached hydrogen (secondary N) is 1. The van der Waals surface area contributed by atoms with Crippen molar-refractivity contribution >= 4 is 39.8 Å². The molecule has 1 aliphatic heterocycles. The number of aromatic nitrogens is 1. The first-order valence-electron chi connectivity index (χ1n) is 8.22. The van der Waals surface area contributed by atoms with Gasteiger partial charge in [0.25, 0.3) is 0 Å². The molecule has 2 N–H and O–H groups in total. The molecule has 1 aliphatic rings. The summed E-state index contributed by atoms with van der Waals surface area (Å²) in [5.74, 6) is -0.937. The Kier molecular flexibility index (Phi) is 4.01. The Labute approximate surface area is 150 Å². The number of piperazine rings is 1. The first kappa shape index (κ1) is 15.8. The third-order valence-corrected chi connectivity index (χ3v) is 4.89. The summed E-state index contributed by atoms with van der Waals surface area (Å²) in [5, 5.41) is 10.8. The summed E-state index contributed by atoms with van der Waals surface area (Å²) in [5.41, 5.74) is 3.34. The van der Waals surface area contributed by atoms with Crippen molar-refractivity contribution in [2.75, 3.05) is 36.0 Å². The Hall–Kier alpha value is -2.66. The van der Waals surface area contributed by atoms with Crippen molar-refractivity contribution in [2.45, 2.75) is 0 Å². The van der Waals surface area contributed by atoms with Gasteiger partial charge in [-0.25, -0.2) is 4.79 Å². The van der Waals surface area contributed by atoms with Gasteiger partial charge in [-0.15, -0.1) is 0 Å². The number of H-pyrrole nitrogens is 1. The van der Waals surface area contributed by atoms with Crippen molar-refractivity contribution in [3.8, 4) is 0 Å². The Morgan fingerprint density at radius 1 is 0.960 bits per heavy atom. The summed E-state index contributed by atoms with van der Waals surface area (Å²) in [6.07, 6.45) is 0. The third-order valence-electron chi connectivity index (χ3n) is 4.65. The van der Waals surface area contributed by atoms with Crippen LogP contribution in [0.5, 0.6) is 0 Å². The zero-order chi connectivity index (χ0) is 17.4. The number of nitrogens with zero attached hydrogens (tertiary/aromatic N) is 2. The highest BCUT2D eigenvalue weighted by Crippen LogP contribution is 2.26. The lowest BCUT2D eigenvalue weighted by molar-refractivity contribution is 0.0691. The summed E-state index contributed by atoms with van der Waals surface area (Å²) in [4.78, 5) is 18.7. The van der Waals surface area contributed by atoms with Crippen LogP contribution in [0, 0.1) is 0 Å². The quantitative estimate of drug-likeness (QED) is 0.749. The molecule has 3 aromatic rings. The van der Waals surface area contributed by atoms with Crippen LogP contribution in [0.4, 0.5) is 11.4 Å². The first-order valence-corrected chi connectivity index (χ1v) is 8.59. The van der Waals surface area contributed by atoms with Gasteiger partial charge in [0.15, 0.2) is 0 Å². The summed E-state index contributed by atoms with van der Waals surface area (Å²) in [7, 11) is 0. The van der Waals surface area contributed by atoms with E-state index in [4.69, 9.17) is 16.7 Å². The van der Waals surface area contributed by atoms with E-state index >= 15 is 0 Å². The van der Waals surface area contributed by atoms with Gasteiger partial charge in [0.05, 0.1) is 0 Å². The Balaban J connectivity index is 1.50.